The third-order valence-corrected chi connectivity index (χ3v) is 2.31. The second kappa shape index (κ2) is 6.73. The van der Waals surface area contributed by atoms with E-state index >= 15 is 0 Å². The average molecular weight is 257 g/mol. The molecule has 0 saturated carbocycles. The molecule has 0 aliphatic carbocycles. The summed E-state index contributed by atoms with van der Waals surface area (Å²) in [5, 5.41) is 2.81. The Morgan fingerprint density at radius 3 is 2.17 bits per heavy atom. The van der Waals surface area contributed by atoms with E-state index in [1.54, 1.807) is 7.05 Å². The molecular weight excluding hydrogens is 230 g/mol. The normalized spacial score (nSPS) is 13.3. The van der Waals surface area contributed by atoms with Crippen LogP contribution in [0.5, 0.6) is 0 Å². The predicted molar refractivity (Wildman–Crippen MR) is 73.0 cm³/mol. The molecular formula is C13H27N3O2. The molecule has 0 bridgehead atoms. The lowest BCUT2D eigenvalue weighted by Crippen LogP contribution is -2.49. The summed E-state index contributed by atoms with van der Waals surface area (Å²) < 4.78 is 0. The molecule has 18 heavy (non-hydrogen) atoms. The Morgan fingerprint density at radius 1 is 1.28 bits per heavy atom. The molecule has 0 aliphatic heterocycles. The number of carbonyl (C=O) groups excluding carboxylic acids is 2. The van der Waals surface area contributed by atoms with E-state index in [0.29, 0.717) is 12.3 Å². The number of carbonyl (C=O) groups is 2. The quantitative estimate of drug-likeness (QED) is 0.762. The first kappa shape index (κ1) is 16.9. The van der Waals surface area contributed by atoms with E-state index in [1.807, 2.05) is 34.6 Å². The molecule has 0 radical (unpaired) electrons. The topological polar surface area (TPSA) is 75.4 Å². The highest BCUT2D eigenvalue weighted by Gasteiger charge is 2.22. The van der Waals surface area contributed by atoms with Crippen molar-refractivity contribution in [1.82, 2.24) is 10.2 Å². The number of nitrogens with one attached hydrogen (secondary N) is 1. The zero-order valence-electron chi connectivity index (χ0n) is 12.4. The minimum absolute atomic E-state index is 0.0436. The zero-order valence-corrected chi connectivity index (χ0v) is 12.4. The molecule has 106 valence electrons. The monoisotopic (exact) mass is 257 g/mol. The summed E-state index contributed by atoms with van der Waals surface area (Å²) in [6.45, 7) is 9.77. The lowest BCUT2D eigenvalue weighted by molar-refractivity contribution is -0.136. The van der Waals surface area contributed by atoms with Gasteiger partial charge in [0.05, 0.1) is 12.6 Å². The van der Waals surface area contributed by atoms with Gasteiger partial charge in [-0.2, -0.15) is 0 Å². The van der Waals surface area contributed by atoms with E-state index in [9.17, 15) is 9.59 Å². The largest absolute Gasteiger partial charge is 0.350 e. The van der Waals surface area contributed by atoms with Gasteiger partial charge in [0.2, 0.25) is 11.8 Å². The van der Waals surface area contributed by atoms with Crippen molar-refractivity contribution >= 4 is 11.8 Å². The van der Waals surface area contributed by atoms with Crippen molar-refractivity contribution in [2.45, 2.75) is 52.6 Å². The van der Waals surface area contributed by atoms with Gasteiger partial charge in [0.1, 0.15) is 0 Å². The molecule has 0 aliphatic rings. The Bertz CT molecular complexity index is 295. The molecule has 0 aromatic carbocycles. The van der Waals surface area contributed by atoms with Gasteiger partial charge in [0, 0.05) is 12.6 Å². The average Bonchev–Trinajstić information content (AvgIpc) is 2.11. The van der Waals surface area contributed by atoms with Crippen molar-refractivity contribution < 1.29 is 9.59 Å². The zero-order chi connectivity index (χ0) is 14.5. The highest BCUT2D eigenvalue weighted by molar-refractivity contribution is 5.87. The van der Waals surface area contributed by atoms with Crippen LogP contribution in [0.4, 0.5) is 0 Å². The summed E-state index contributed by atoms with van der Waals surface area (Å²) >= 11 is 0. The summed E-state index contributed by atoms with van der Waals surface area (Å²) in [5.74, 6) is 0.00334. The van der Waals surface area contributed by atoms with Gasteiger partial charge in [-0.3, -0.25) is 9.59 Å². The van der Waals surface area contributed by atoms with E-state index in [0.717, 1.165) is 0 Å². The van der Waals surface area contributed by atoms with Crippen LogP contribution < -0.4 is 11.1 Å². The highest BCUT2D eigenvalue weighted by atomic mass is 16.2. The maximum Gasteiger partial charge on any atom is 0.240 e. The second-order valence-electron chi connectivity index (χ2n) is 6.23. The molecule has 2 amide bonds. The third-order valence-electron chi connectivity index (χ3n) is 2.31. The molecule has 3 N–H and O–H groups in total. The first-order valence-electron chi connectivity index (χ1n) is 6.34. The van der Waals surface area contributed by atoms with Crippen molar-refractivity contribution in [3.63, 3.8) is 0 Å². The smallest absolute Gasteiger partial charge is 0.240 e. The summed E-state index contributed by atoms with van der Waals surface area (Å²) in [6.07, 6.45) is 0.629. The van der Waals surface area contributed by atoms with Crippen molar-refractivity contribution in [2.24, 2.45) is 11.7 Å². The van der Waals surface area contributed by atoms with Crippen LogP contribution >= 0.6 is 0 Å². The molecule has 5 heteroatoms. The highest BCUT2D eigenvalue weighted by Crippen LogP contribution is 2.05. The Labute approximate surface area is 110 Å². The van der Waals surface area contributed by atoms with Gasteiger partial charge in [0.25, 0.3) is 0 Å². The fraction of sp³-hybridized carbons (Fsp3) is 0.846. The Morgan fingerprint density at radius 2 is 1.78 bits per heavy atom. The van der Waals surface area contributed by atoms with Gasteiger partial charge in [-0.25, -0.2) is 0 Å². The van der Waals surface area contributed by atoms with Crippen LogP contribution in [0.15, 0.2) is 0 Å². The summed E-state index contributed by atoms with van der Waals surface area (Å²) in [4.78, 5) is 25.0. The summed E-state index contributed by atoms with van der Waals surface area (Å²) in [5.41, 5.74) is 5.51. The van der Waals surface area contributed by atoms with E-state index in [2.05, 4.69) is 5.32 Å². The van der Waals surface area contributed by atoms with Crippen LogP contribution in [0, 0.1) is 5.92 Å². The van der Waals surface area contributed by atoms with Crippen LogP contribution in [0.2, 0.25) is 0 Å². The van der Waals surface area contributed by atoms with Crippen LogP contribution in [0.1, 0.15) is 41.0 Å². The number of rotatable bonds is 5. The van der Waals surface area contributed by atoms with Gasteiger partial charge in [-0.1, -0.05) is 13.8 Å². The number of hydrogen-bond acceptors (Lipinski definition) is 3. The van der Waals surface area contributed by atoms with Gasteiger partial charge in [0.15, 0.2) is 0 Å². The molecule has 1 unspecified atom stereocenters. The maximum atomic E-state index is 11.9. The SMILES string of the molecule is CC(C)CC(N)C(=O)N(C)CC(=O)NC(C)(C)C. The number of nitrogens with two attached hydrogens (primary N) is 1. The fourth-order valence-electron chi connectivity index (χ4n) is 1.64. The minimum Gasteiger partial charge on any atom is -0.350 e. The van der Waals surface area contributed by atoms with Gasteiger partial charge in [-0.05, 0) is 33.1 Å². The maximum absolute atomic E-state index is 11.9. The first-order valence-corrected chi connectivity index (χ1v) is 6.34. The molecule has 0 fully saturated rings. The van der Waals surface area contributed by atoms with E-state index in [4.69, 9.17) is 5.73 Å². The number of hydrogen-bond donors (Lipinski definition) is 2. The standard InChI is InChI=1S/C13H27N3O2/c1-9(2)7-10(14)12(18)16(6)8-11(17)15-13(3,4)5/h9-10H,7-8,14H2,1-6H3,(H,15,17). The molecule has 5 nitrogen and oxygen atoms in total. The fourth-order valence-corrected chi connectivity index (χ4v) is 1.64. The predicted octanol–water partition coefficient (Wildman–Crippen LogP) is 0.733. The van der Waals surface area contributed by atoms with Gasteiger partial charge >= 0.3 is 0 Å². The van der Waals surface area contributed by atoms with E-state index in [1.165, 1.54) is 4.90 Å². The lowest BCUT2D eigenvalue weighted by atomic mass is 10.0. The number of likely N-dealkylation sites (N-methyl/N-ethyl adjacent to an activating group) is 1. The molecule has 0 aromatic rings. The molecule has 0 spiro atoms. The molecule has 1 atom stereocenters. The number of nitrogens with zero attached hydrogens (tertiary/aromatic N) is 1. The van der Waals surface area contributed by atoms with Crippen molar-refractivity contribution in [3.8, 4) is 0 Å². The molecule has 0 aromatic heterocycles. The van der Waals surface area contributed by atoms with Crippen LogP contribution in [0.3, 0.4) is 0 Å². The Hall–Kier alpha value is -1.10. The van der Waals surface area contributed by atoms with Crippen LogP contribution in [0.25, 0.3) is 0 Å². The minimum atomic E-state index is -0.530. The van der Waals surface area contributed by atoms with Crippen LogP contribution in [-0.4, -0.2) is 41.9 Å². The molecule has 0 saturated heterocycles. The van der Waals surface area contributed by atoms with E-state index < -0.39 is 6.04 Å². The van der Waals surface area contributed by atoms with Crippen molar-refractivity contribution in [1.29, 1.82) is 0 Å². The summed E-state index contributed by atoms with van der Waals surface area (Å²) in [6, 6.07) is -0.530. The van der Waals surface area contributed by atoms with Gasteiger partial charge < -0.3 is 16.0 Å². The Balaban J connectivity index is 4.27. The first-order chi connectivity index (χ1) is 8.03. The summed E-state index contributed by atoms with van der Waals surface area (Å²) in [7, 11) is 1.60. The third kappa shape index (κ3) is 7.27. The number of amides is 2. The Kier molecular flexibility index (Phi) is 6.32. The van der Waals surface area contributed by atoms with Crippen LogP contribution in [-0.2, 0) is 9.59 Å². The molecule has 0 heterocycles. The second-order valence-corrected chi connectivity index (χ2v) is 6.23. The van der Waals surface area contributed by atoms with Crippen molar-refractivity contribution in [2.75, 3.05) is 13.6 Å². The van der Waals surface area contributed by atoms with Gasteiger partial charge in [-0.15, -0.1) is 0 Å². The lowest BCUT2D eigenvalue weighted by Gasteiger charge is -2.25. The van der Waals surface area contributed by atoms with Crippen molar-refractivity contribution in [3.05, 3.63) is 0 Å². The van der Waals surface area contributed by atoms with E-state index in [-0.39, 0.29) is 23.9 Å². The molecule has 0 rings (SSSR count).